The van der Waals surface area contributed by atoms with Crippen LogP contribution in [0.4, 0.5) is 4.39 Å². The van der Waals surface area contributed by atoms with Crippen LogP contribution < -0.4 is 10.1 Å². The molecule has 46 heavy (non-hydrogen) atoms. The van der Waals surface area contributed by atoms with Gasteiger partial charge in [-0.25, -0.2) is 4.39 Å². The van der Waals surface area contributed by atoms with E-state index in [4.69, 9.17) is 47.0 Å². The second kappa shape index (κ2) is 14.5. The molecule has 3 fully saturated rings. The molecule has 5 N–H and O–H groups in total. The highest BCUT2D eigenvalue weighted by Gasteiger charge is 2.53. The van der Waals surface area contributed by atoms with Crippen LogP contribution in [0.1, 0.15) is 38.3 Å². The molecule has 12 nitrogen and oxygen atoms in total. The highest BCUT2D eigenvalue weighted by atomic mass is 35.5. The number of nitrogens with zero attached hydrogens (tertiary/aromatic N) is 1. The molecule has 250 valence electrons. The third-order valence-electron chi connectivity index (χ3n) is 8.12. The molecule has 2 aromatic rings. The van der Waals surface area contributed by atoms with Crippen LogP contribution in [0.5, 0.6) is 5.75 Å². The van der Waals surface area contributed by atoms with Crippen molar-refractivity contribution in [3.8, 4) is 5.75 Å². The predicted molar refractivity (Wildman–Crippen MR) is 164 cm³/mol. The quantitative estimate of drug-likeness (QED) is 0.150. The molecule has 15 heteroatoms. The second-order valence-corrected chi connectivity index (χ2v) is 12.3. The molecule has 0 aromatic heterocycles. The Balaban J connectivity index is 1.16. The largest absolute Gasteiger partial charge is 0.462 e. The topological polar surface area (TPSA) is 169 Å². The number of fused-ring (bicyclic) bond motifs is 1. The first-order valence-electron chi connectivity index (χ1n) is 14.6. The fourth-order valence-corrected chi connectivity index (χ4v) is 6.13. The lowest BCUT2D eigenvalue weighted by atomic mass is 9.83. The summed E-state index contributed by atoms with van der Waals surface area (Å²) in [5.74, 6) is -1.52. The van der Waals surface area contributed by atoms with E-state index in [-0.39, 0.29) is 24.5 Å². The molecule has 0 bridgehead atoms. The van der Waals surface area contributed by atoms with Crippen molar-refractivity contribution in [3.63, 3.8) is 0 Å². The van der Waals surface area contributed by atoms with Crippen molar-refractivity contribution in [2.24, 2.45) is 5.16 Å². The molecule has 1 amide bonds. The van der Waals surface area contributed by atoms with Crippen LogP contribution in [-0.2, 0) is 23.8 Å². The van der Waals surface area contributed by atoms with Crippen molar-refractivity contribution in [2.75, 3.05) is 6.79 Å². The van der Waals surface area contributed by atoms with Gasteiger partial charge in [0, 0.05) is 22.6 Å². The number of aliphatic hydroxyl groups is 4. The van der Waals surface area contributed by atoms with E-state index in [0.29, 0.717) is 26.9 Å². The SMILES string of the molecule is CC(=Cc1ccc(O[C@H]2C[C@H](O)[C@@H](C(C)ON=C(C)c3ccc(Cl)cc3Cl)O2)c(F)c1)C(=O)N[C@@H]1[C@H](O)[C@@H](O)[C@H]2OCO[C@H]2[C@@H]1O. The molecule has 3 aliphatic rings. The Morgan fingerprint density at radius 3 is 2.48 bits per heavy atom. The number of nitrogens with one attached hydrogen (secondary N) is 1. The van der Waals surface area contributed by atoms with E-state index in [1.807, 2.05) is 0 Å². The molecule has 2 aromatic carbocycles. The first-order chi connectivity index (χ1) is 21.8. The van der Waals surface area contributed by atoms with Crippen LogP contribution in [-0.4, -0.2) is 100 Å². The summed E-state index contributed by atoms with van der Waals surface area (Å²) in [7, 11) is 0. The van der Waals surface area contributed by atoms with E-state index in [9.17, 15) is 25.2 Å². The minimum absolute atomic E-state index is 0.0524. The van der Waals surface area contributed by atoms with E-state index in [0.717, 1.165) is 6.07 Å². The summed E-state index contributed by atoms with van der Waals surface area (Å²) in [4.78, 5) is 18.4. The molecule has 0 spiro atoms. The van der Waals surface area contributed by atoms with Gasteiger partial charge in [-0.1, -0.05) is 40.5 Å². The van der Waals surface area contributed by atoms with Crippen LogP contribution in [0.25, 0.3) is 6.08 Å². The van der Waals surface area contributed by atoms with Gasteiger partial charge in [0.05, 0.1) is 22.9 Å². The van der Waals surface area contributed by atoms with E-state index in [2.05, 4.69) is 10.5 Å². The number of amides is 1. The van der Waals surface area contributed by atoms with Gasteiger partial charge >= 0.3 is 0 Å². The Morgan fingerprint density at radius 1 is 1.07 bits per heavy atom. The maximum absolute atomic E-state index is 15.0. The lowest BCUT2D eigenvalue weighted by Gasteiger charge is -2.41. The van der Waals surface area contributed by atoms with Gasteiger partial charge in [-0.3, -0.25) is 4.79 Å². The van der Waals surface area contributed by atoms with Gasteiger partial charge in [0.1, 0.15) is 43.4 Å². The Morgan fingerprint density at radius 2 is 1.78 bits per heavy atom. The van der Waals surface area contributed by atoms with Gasteiger partial charge in [-0.05, 0) is 56.7 Å². The monoisotopic (exact) mass is 684 g/mol. The molecule has 2 aliphatic heterocycles. The minimum Gasteiger partial charge on any atom is -0.462 e. The molecular formula is C31H35Cl2FN2O10. The molecule has 0 radical (unpaired) electrons. The fraction of sp³-hybridized carbons (Fsp3) is 0.484. The maximum Gasteiger partial charge on any atom is 0.247 e. The average molecular weight is 686 g/mol. The Hall–Kier alpha value is -2.85. The number of halogens is 3. The summed E-state index contributed by atoms with van der Waals surface area (Å²) in [5.41, 5.74) is 1.60. The van der Waals surface area contributed by atoms with Gasteiger partial charge in [-0.2, -0.15) is 0 Å². The highest BCUT2D eigenvalue weighted by molar-refractivity contribution is 6.37. The summed E-state index contributed by atoms with van der Waals surface area (Å²) in [6.45, 7) is 4.70. The average Bonchev–Trinajstić information content (AvgIpc) is 3.65. The van der Waals surface area contributed by atoms with E-state index >= 15 is 4.39 Å². The summed E-state index contributed by atoms with van der Waals surface area (Å²) >= 11 is 12.2. The first kappa shape index (κ1) is 34.5. The van der Waals surface area contributed by atoms with Gasteiger partial charge in [-0.15, -0.1) is 0 Å². The Labute approximate surface area is 274 Å². The third kappa shape index (κ3) is 7.48. The van der Waals surface area contributed by atoms with Gasteiger partial charge < -0.3 is 49.5 Å². The molecule has 5 rings (SSSR count). The zero-order valence-corrected chi connectivity index (χ0v) is 26.6. The van der Waals surface area contributed by atoms with Crippen LogP contribution in [0.2, 0.25) is 10.0 Å². The summed E-state index contributed by atoms with van der Waals surface area (Å²) in [6.07, 6.45) is -8.01. The van der Waals surface area contributed by atoms with Crippen molar-refractivity contribution in [2.45, 2.75) is 88.4 Å². The fourth-order valence-electron chi connectivity index (χ4n) is 5.59. The Kier molecular flexibility index (Phi) is 10.9. The standard InChI is InChI=1S/C31H35Cl2FN2O10/c1-13(31(41)35-24-25(38)27(40)30-29(26(24)39)42-12-43-30)8-16-4-7-22(20(34)9-16)44-23-11-21(37)28(45-23)15(3)46-36-14(2)18-6-5-17(32)10-19(18)33/h4-10,15,21,23-30,37-40H,11-12H2,1-3H3,(H,35,41)/t15?,21-,23+,24+,25-,26+,27+,28+,29-,30+/m0/s1. The highest BCUT2D eigenvalue weighted by Crippen LogP contribution is 2.31. The van der Waals surface area contributed by atoms with Gasteiger partial charge in [0.15, 0.2) is 17.7 Å². The molecule has 1 unspecified atom stereocenters. The molecular weight excluding hydrogens is 650 g/mol. The minimum atomic E-state index is -1.50. The lowest BCUT2D eigenvalue weighted by Crippen LogP contribution is -2.67. The number of hydrogen-bond donors (Lipinski definition) is 5. The van der Waals surface area contributed by atoms with Gasteiger partial charge in [0.2, 0.25) is 12.2 Å². The van der Waals surface area contributed by atoms with E-state index in [1.165, 1.54) is 25.1 Å². The number of hydrogen-bond acceptors (Lipinski definition) is 11. The van der Waals surface area contributed by atoms with Crippen molar-refractivity contribution in [1.29, 1.82) is 0 Å². The van der Waals surface area contributed by atoms with E-state index in [1.54, 1.807) is 32.0 Å². The molecule has 10 atom stereocenters. The summed E-state index contributed by atoms with van der Waals surface area (Å²) in [6, 6.07) is 7.79. The smallest absolute Gasteiger partial charge is 0.247 e. The normalized spacial score (nSPS) is 32.2. The number of oxime groups is 1. The molecule has 1 saturated carbocycles. The number of aliphatic hydroxyl groups excluding tert-OH is 4. The zero-order chi connectivity index (χ0) is 33.3. The van der Waals surface area contributed by atoms with E-state index < -0.39 is 72.9 Å². The first-order valence-corrected chi connectivity index (χ1v) is 15.3. The summed E-state index contributed by atoms with van der Waals surface area (Å²) in [5, 5.41) is 49.4. The van der Waals surface area contributed by atoms with Crippen molar-refractivity contribution >= 4 is 40.9 Å². The second-order valence-electron chi connectivity index (χ2n) is 11.4. The number of ether oxygens (including phenoxy) is 4. The van der Waals surface area contributed by atoms with Crippen molar-refractivity contribution < 1.29 is 53.4 Å². The Bertz CT molecular complexity index is 1500. The summed E-state index contributed by atoms with van der Waals surface area (Å²) < 4.78 is 37.0. The van der Waals surface area contributed by atoms with Crippen LogP contribution in [0.3, 0.4) is 0 Å². The predicted octanol–water partition coefficient (Wildman–Crippen LogP) is 2.54. The maximum atomic E-state index is 15.0. The lowest BCUT2D eigenvalue weighted by molar-refractivity contribution is -0.155. The molecule has 2 saturated heterocycles. The number of benzene rings is 2. The number of rotatable bonds is 9. The molecule has 1 aliphatic carbocycles. The number of carbonyl (C=O) groups is 1. The molecule has 2 heterocycles. The van der Waals surface area contributed by atoms with Gasteiger partial charge in [0.25, 0.3) is 0 Å². The van der Waals surface area contributed by atoms with Crippen molar-refractivity contribution in [3.05, 3.63) is 69.0 Å². The zero-order valence-electron chi connectivity index (χ0n) is 25.0. The van der Waals surface area contributed by atoms with Crippen LogP contribution >= 0.6 is 23.2 Å². The third-order valence-corrected chi connectivity index (χ3v) is 8.67. The number of carbonyl (C=O) groups excluding carboxylic acids is 1. The van der Waals surface area contributed by atoms with Crippen molar-refractivity contribution in [1.82, 2.24) is 5.32 Å². The van der Waals surface area contributed by atoms with Crippen LogP contribution in [0.15, 0.2) is 47.1 Å². The van der Waals surface area contributed by atoms with Crippen LogP contribution in [0, 0.1) is 5.82 Å².